The first-order valence-electron chi connectivity index (χ1n) is 16.9. The maximum Gasteiger partial charge on any atom is 0.251 e. The number of fused-ring (bicyclic) bond motifs is 3. The minimum absolute atomic E-state index is 0.0224. The summed E-state index contributed by atoms with van der Waals surface area (Å²) in [4.78, 5) is 18.8. The van der Waals surface area contributed by atoms with E-state index in [2.05, 4.69) is 49.6 Å². The molecule has 4 aliphatic heterocycles. The van der Waals surface area contributed by atoms with Crippen LogP contribution in [-0.4, -0.2) is 102 Å². The maximum absolute atomic E-state index is 13.5. The fourth-order valence-electron chi connectivity index (χ4n) is 8.71. The summed E-state index contributed by atoms with van der Waals surface area (Å²) in [6.45, 7) is 5.91. The lowest BCUT2D eigenvalue weighted by Gasteiger charge is -2.48. The van der Waals surface area contributed by atoms with Crippen LogP contribution in [0.15, 0.2) is 42.5 Å². The number of hydrogen-bond acceptors (Lipinski definition) is 7. The zero-order valence-electron chi connectivity index (χ0n) is 25.6. The third-order valence-electron chi connectivity index (χ3n) is 11.1. The molecule has 2 atom stereocenters. The Balaban J connectivity index is 0.936. The van der Waals surface area contributed by atoms with Crippen LogP contribution in [0.25, 0.3) is 22.2 Å². The molecule has 5 aliphatic rings. The van der Waals surface area contributed by atoms with Crippen molar-refractivity contribution in [2.24, 2.45) is 0 Å². The van der Waals surface area contributed by atoms with Crippen molar-refractivity contribution in [3.8, 4) is 17.0 Å². The number of hydrogen-bond donors (Lipinski definition) is 2. The largest absolute Gasteiger partial charge is 0.490 e. The highest BCUT2D eigenvalue weighted by molar-refractivity contribution is 6.01. The Hall–Kier alpha value is -2.98. The van der Waals surface area contributed by atoms with Crippen LogP contribution in [-0.2, 0) is 9.47 Å². The van der Waals surface area contributed by atoms with Crippen molar-refractivity contribution in [1.29, 1.82) is 0 Å². The Morgan fingerprint density at radius 2 is 1.70 bits per heavy atom. The SMILES string of the molecule is O=C(NCC1(N2CCOCC2)CCCCC1)c1ccc2[nH]nc(-c3ccc(OC4CC5CCC(C4)N5C4COC4)cc3)c2c1. The second kappa shape index (κ2) is 12.1. The number of nitrogens with zero attached hydrogens (tertiary/aromatic N) is 3. The van der Waals surface area contributed by atoms with Gasteiger partial charge in [0.25, 0.3) is 5.91 Å². The molecule has 8 rings (SSSR count). The van der Waals surface area contributed by atoms with E-state index in [9.17, 15) is 4.79 Å². The van der Waals surface area contributed by atoms with Crippen LogP contribution in [0.3, 0.4) is 0 Å². The highest BCUT2D eigenvalue weighted by Crippen LogP contribution is 2.40. The number of piperidine rings is 1. The molecule has 1 aliphatic carbocycles. The molecule has 3 aromatic rings. The van der Waals surface area contributed by atoms with Crippen LogP contribution in [0, 0.1) is 0 Å². The van der Waals surface area contributed by atoms with Gasteiger partial charge >= 0.3 is 0 Å². The molecule has 2 bridgehead atoms. The third-order valence-corrected chi connectivity index (χ3v) is 11.1. The van der Waals surface area contributed by atoms with Gasteiger partial charge in [0.2, 0.25) is 0 Å². The van der Waals surface area contributed by atoms with Gasteiger partial charge in [-0.3, -0.25) is 19.7 Å². The Morgan fingerprint density at radius 1 is 0.955 bits per heavy atom. The quantitative estimate of drug-likeness (QED) is 0.386. The maximum atomic E-state index is 13.5. The standard InChI is InChI=1S/C35H45N5O4/c41-34(36-23-35(12-2-1-3-13-35)39-14-16-42-17-15-39)25-6-11-32-31(18-25)33(38-37-32)24-4-9-29(10-5-24)44-30-19-26-7-8-27(20-30)40(26)28-21-43-22-28/h4-6,9-11,18,26-28,30H,1-3,7-8,12-17,19-23H2,(H,36,41)(H,37,38). The predicted octanol–water partition coefficient (Wildman–Crippen LogP) is 4.77. The average Bonchev–Trinajstić information content (AvgIpc) is 3.57. The summed E-state index contributed by atoms with van der Waals surface area (Å²) in [5.41, 5.74) is 3.49. The number of aromatic amines is 1. The Morgan fingerprint density at radius 3 is 2.41 bits per heavy atom. The molecule has 1 saturated carbocycles. The molecule has 9 heteroatoms. The second-order valence-electron chi connectivity index (χ2n) is 13.7. The number of nitrogens with one attached hydrogen (secondary N) is 2. The first-order chi connectivity index (χ1) is 21.6. The molecule has 2 aromatic carbocycles. The molecular formula is C35H45N5O4. The van der Waals surface area contributed by atoms with Gasteiger partial charge < -0.3 is 19.5 Å². The van der Waals surface area contributed by atoms with Gasteiger partial charge in [-0.05, 0) is 81.0 Å². The minimum Gasteiger partial charge on any atom is -0.490 e. The zero-order valence-corrected chi connectivity index (χ0v) is 25.6. The van der Waals surface area contributed by atoms with Crippen LogP contribution in [0.1, 0.15) is 68.1 Å². The van der Waals surface area contributed by atoms with E-state index in [1.54, 1.807) is 0 Å². The number of carbonyl (C=O) groups is 1. The van der Waals surface area contributed by atoms with Gasteiger partial charge in [-0.2, -0.15) is 5.10 Å². The van der Waals surface area contributed by atoms with Gasteiger partial charge in [0.15, 0.2) is 0 Å². The number of benzene rings is 2. The normalized spacial score (nSPS) is 27.7. The first-order valence-corrected chi connectivity index (χ1v) is 16.9. The lowest BCUT2D eigenvalue weighted by atomic mass is 9.79. The molecule has 2 unspecified atom stereocenters. The number of amides is 1. The van der Waals surface area contributed by atoms with E-state index in [0.717, 1.165) is 93.1 Å². The molecule has 0 spiro atoms. The van der Waals surface area contributed by atoms with Crippen molar-refractivity contribution in [2.45, 2.75) is 87.6 Å². The van der Waals surface area contributed by atoms with Gasteiger partial charge in [-0.15, -0.1) is 0 Å². The van der Waals surface area contributed by atoms with Gasteiger partial charge in [-0.1, -0.05) is 19.3 Å². The molecule has 44 heavy (non-hydrogen) atoms. The zero-order chi connectivity index (χ0) is 29.5. The van der Waals surface area contributed by atoms with E-state index in [-0.39, 0.29) is 17.6 Å². The molecule has 5 fully saturated rings. The fraction of sp³-hybridized carbons (Fsp3) is 0.600. The monoisotopic (exact) mass is 599 g/mol. The van der Waals surface area contributed by atoms with E-state index in [0.29, 0.717) is 30.2 Å². The number of morpholine rings is 1. The Labute approximate surface area is 259 Å². The molecule has 1 amide bonds. The van der Waals surface area contributed by atoms with Crippen molar-refractivity contribution >= 4 is 16.8 Å². The van der Waals surface area contributed by atoms with Gasteiger partial charge in [0.1, 0.15) is 11.9 Å². The van der Waals surface area contributed by atoms with Gasteiger partial charge in [-0.25, -0.2) is 0 Å². The van der Waals surface area contributed by atoms with Crippen molar-refractivity contribution in [3.63, 3.8) is 0 Å². The lowest BCUT2D eigenvalue weighted by molar-refractivity contribution is -0.102. The van der Waals surface area contributed by atoms with Gasteiger partial charge in [0, 0.05) is 53.8 Å². The van der Waals surface area contributed by atoms with Crippen molar-refractivity contribution < 1.29 is 19.0 Å². The second-order valence-corrected chi connectivity index (χ2v) is 13.7. The minimum atomic E-state index is -0.0224. The average molecular weight is 600 g/mol. The molecule has 234 valence electrons. The number of aromatic nitrogens is 2. The summed E-state index contributed by atoms with van der Waals surface area (Å²) in [6, 6.07) is 16.0. The lowest BCUT2D eigenvalue weighted by Crippen LogP contribution is -2.59. The molecule has 2 N–H and O–H groups in total. The summed E-state index contributed by atoms with van der Waals surface area (Å²) < 4.78 is 17.6. The van der Waals surface area contributed by atoms with Crippen LogP contribution in [0.5, 0.6) is 5.75 Å². The van der Waals surface area contributed by atoms with Crippen LogP contribution in [0.2, 0.25) is 0 Å². The highest BCUT2D eigenvalue weighted by Gasteiger charge is 2.46. The predicted molar refractivity (Wildman–Crippen MR) is 169 cm³/mol. The van der Waals surface area contributed by atoms with Crippen molar-refractivity contribution in [1.82, 2.24) is 25.3 Å². The van der Waals surface area contributed by atoms with Crippen LogP contribution >= 0.6 is 0 Å². The Kier molecular flexibility index (Phi) is 7.82. The van der Waals surface area contributed by atoms with E-state index in [1.165, 1.54) is 32.1 Å². The third kappa shape index (κ3) is 5.42. The Bertz CT molecular complexity index is 1440. The van der Waals surface area contributed by atoms with Crippen LogP contribution in [0.4, 0.5) is 0 Å². The van der Waals surface area contributed by atoms with E-state index in [1.807, 2.05) is 18.2 Å². The molecule has 5 heterocycles. The number of ether oxygens (including phenoxy) is 3. The summed E-state index contributed by atoms with van der Waals surface area (Å²) in [6.07, 6.45) is 11.0. The van der Waals surface area contributed by atoms with Gasteiger partial charge in [0.05, 0.1) is 43.7 Å². The summed E-state index contributed by atoms with van der Waals surface area (Å²) in [5.74, 6) is 0.890. The molecule has 1 aromatic heterocycles. The van der Waals surface area contributed by atoms with E-state index >= 15 is 0 Å². The molecule has 4 saturated heterocycles. The molecule has 0 radical (unpaired) electrons. The number of H-pyrrole nitrogens is 1. The number of carbonyl (C=O) groups excluding carboxylic acids is 1. The smallest absolute Gasteiger partial charge is 0.251 e. The van der Waals surface area contributed by atoms with Crippen molar-refractivity contribution in [2.75, 3.05) is 46.1 Å². The van der Waals surface area contributed by atoms with Crippen LogP contribution < -0.4 is 10.1 Å². The highest BCUT2D eigenvalue weighted by atomic mass is 16.5. The first kappa shape index (κ1) is 28.5. The summed E-state index contributed by atoms with van der Waals surface area (Å²) in [7, 11) is 0. The summed E-state index contributed by atoms with van der Waals surface area (Å²) >= 11 is 0. The van der Waals surface area contributed by atoms with E-state index < -0.39 is 0 Å². The van der Waals surface area contributed by atoms with E-state index in [4.69, 9.17) is 14.2 Å². The molecule has 9 nitrogen and oxygen atoms in total. The fourth-order valence-corrected chi connectivity index (χ4v) is 8.71. The summed E-state index contributed by atoms with van der Waals surface area (Å²) in [5, 5.41) is 12.1. The van der Waals surface area contributed by atoms with Crippen molar-refractivity contribution in [3.05, 3.63) is 48.0 Å². The number of rotatable bonds is 8. The topological polar surface area (TPSA) is 92.0 Å². The molecular weight excluding hydrogens is 554 g/mol.